The second kappa shape index (κ2) is 6.24. The molecule has 1 fully saturated rings. The monoisotopic (exact) mass is 248 g/mol. The van der Waals surface area contributed by atoms with E-state index in [1.165, 1.54) is 24.8 Å². The maximum atomic E-state index is 6.07. The average molecular weight is 248 g/mol. The van der Waals surface area contributed by atoms with Crippen LogP contribution in [-0.2, 0) is 11.3 Å². The van der Waals surface area contributed by atoms with E-state index in [-0.39, 0.29) is 0 Å². The van der Waals surface area contributed by atoms with Gasteiger partial charge in [0.1, 0.15) is 5.75 Å². The van der Waals surface area contributed by atoms with Crippen molar-refractivity contribution in [3.8, 4) is 5.75 Å². The Morgan fingerprint density at radius 1 is 1.17 bits per heavy atom. The summed E-state index contributed by atoms with van der Waals surface area (Å²) in [5, 5.41) is 0. The molecule has 0 radical (unpaired) electrons. The Morgan fingerprint density at radius 2 is 1.89 bits per heavy atom. The first-order valence-corrected chi connectivity index (χ1v) is 6.99. The van der Waals surface area contributed by atoms with Gasteiger partial charge in [0.05, 0.1) is 19.8 Å². The minimum atomic E-state index is 0.442. The molecule has 0 heterocycles. The van der Waals surface area contributed by atoms with Crippen LogP contribution >= 0.6 is 0 Å². The first-order valence-electron chi connectivity index (χ1n) is 6.99. The normalized spacial score (nSPS) is 27.4. The van der Waals surface area contributed by atoms with Gasteiger partial charge < -0.3 is 9.47 Å². The van der Waals surface area contributed by atoms with Gasteiger partial charge in [-0.05, 0) is 42.4 Å². The lowest BCUT2D eigenvalue weighted by Crippen LogP contribution is -2.19. The molecular weight excluding hydrogens is 224 g/mol. The Bertz CT molecular complexity index is 358. The van der Waals surface area contributed by atoms with Crippen LogP contribution in [-0.4, -0.2) is 13.2 Å². The fraction of sp³-hybridized carbons (Fsp3) is 0.625. The molecule has 2 heteroatoms. The lowest BCUT2D eigenvalue weighted by molar-refractivity contribution is 0.0139. The van der Waals surface area contributed by atoms with Crippen LogP contribution in [0.25, 0.3) is 0 Å². The summed E-state index contributed by atoms with van der Waals surface area (Å²) >= 11 is 0. The van der Waals surface area contributed by atoms with Crippen molar-refractivity contribution in [3.63, 3.8) is 0 Å². The van der Waals surface area contributed by atoms with E-state index in [2.05, 4.69) is 26.0 Å². The quantitative estimate of drug-likeness (QED) is 0.783. The first kappa shape index (κ1) is 13.4. The maximum Gasteiger partial charge on any atom is 0.118 e. The Hall–Kier alpha value is -1.02. The second-order valence-electron chi connectivity index (χ2n) is 5.30. The molecule has 1 aromatic carbocycles. The van der Waals surface area contributed by atoms with E-state index in [0.717, 1.165) is 18.3 Å². The van der Waals surface area contributed by atoms with Crippen molar-refractivity contribution in [2.24, 2.45) is 11.8 Å². The highest BCUT2D eigenvalue weighted by molar-refractivity contribution is 5.26. The van der Waals surface area contributed by atoms with Gasteiger partial charge in [0, 0.05) is 0 Å². The van der Waals surface area contributed by atoms with E-state index in [1.807, 2.05) is 12.1 Å². The van der Waals surface area contributed by atoms with Crippen LogP contribution in [0.5, 0.6) is 5.75 Å². The fourth-order valence-corrected chi connectivity index (χ4v) is 2.94. The van der Waals surface area contributed by atoms with Gasteiger partial charge in [-0.15, -0.1) is 0 Å². The first-order chi connectivity index (χ1) is 8.74. The van der Waals surface area contributed by atoms with Crippen LogP contribution in [0.1, 0.15) is 38.7 Å². The molecule has 3 atom stereocenters. The van der Waals surface area contributed by atoms with Gasteiger partial charge in [0.25, 0.3) is 0 Å². The molecule has 1 aliphatic rings. The molecule has 2 nitrogen and oxygen atoms in total. The van der Waals surface area contributed by atoms with Crippen molar-refractivity contribution < 1.29 is 9.47 Å². The van der Waals surface area contributed by atoms with E-state index in [9.17, 15) is 0 Å². The number of ether oxygens (including phenoxy) is 2. The summed E-state index contributed by atoms with van der Waals surface area (Å²) in [4.78, 5) is 0. The highest BCUT2D eigenvalue weighted by Gasteiger charge is 2.31. The number of hydrogen-bond donors (Lipinski definition) is 0. The molecule has 1 aromatic rings. The van der Waals surface area contributed by atoms with Crippen molar-refractivity contribution in [2.45, 2.75) is 45.8 Å². The van der Waals surface area contributed by atoms with Gasteiger partial charge in [0.2, 0.25) is 0 Å². The number of rotatable bonds is 5. The summed E-state index contributed by atoms with van der Waals surface area (Å²) in [5.74, 6) is 2.46. The molecule has 0 N–H and O–H groups in total. The third-order valence-electron chi connectivity index (χ3n) is 4.30. The molecule has 2 rings (SSSR count). The van der Waals surface area contributed by atoms with Crippen molar-refractivity contribution in [1.82, 2.24) is 0 Å². The fourth-order valence-electron chi connectivity index (χ4n) is 2.94. The number of hydrogen-bond acceptors (Lipinski definition) is 2. The third kappa shape index (κ3) is 3.05. The second-order valence-corrected chi connectivity index (χ2v) is 5.30. The van der Waals surface area contributed by atoms with E-state index < -0.39 is 0 Å². The lowest BCUT2D eigenvalue weighted by Gasteiger charge is -2.20. The Kier molecular flexibility index (Phi) is 4.65. The molecule has 1 saturated carbocycles. The number of benzene rings is 1. The molecule has 0 unspecified atom stereocenters. The molecule has 0 spiro atoms. The van der Waals surface area contributed by atoms with E-state index >= 15 is 0 Å². The summed E-state index contributed by atoms with van der Waals surface area (Å²) in [6.45, 7) is 5.34. The van der Waals surface area contributed by atoms with E-state index in [0.29, 0.717) is 12.0 Å². The highest BCUT2D eigenvalue weighted by atomic mass is 16.5. The van der Waals surface area contributed by atoms with Crippen LogP contribution < -0.4 is 4.74 Å². The Balaban J connectivity index is 1.84. The van der Waals surface area contributed by atoms with Crippen LogP contribution in [0.4, 0.5) is 0 Å². The summed E-state index contributed by atoms with van der Waals surface area (Å²) in [6, 6.07) is 8.14. The molecule has 1 aliphatic carbocycles. The number of methoxy groups -OCH3 is 1. The molecule has 0 bridgehead atoms. The predicted octanol–water partition coefficient (Wildman–Crippen LogP) is 4.04. The van der Waals surface area contributed by atoms with Gasteiger partial charge in [-0.3, -0.25) is 0 Å². The van der Waals surface area contributed by atoms with Gasteiger partial charge in [-0.1, -0.05) is 32.4 Å². The van der Waals surface area contributed by atoms with Crippen LogP contribution in [0.15, 0.2) is 24.3 Å². The minimum Gasteiger partial charge on any atom is -0.497 e. The highest BCUT2D eigenvalue weighted by Crippen LogP contribution is 2.36. The predicted molar refractivity (Wildman–Crippen MR) is 73.8 cm³/mol. The smallest absolute Gasteiger partial charge is 0.118 e. The maximum absolute atomic E-state index is 6.07. The summed E-state index contributed by atoms with van der Waals surface area (Å²) in [6.07, 6.45) is 4.27. The summed E-state index contributed by atoms with van der Waals surface area (Å²) < 4.78 is 11.2. The van der Waals surface area contributed by atoms with E-state index in [1.54, 1.807) is 7.11 Å². The van der Waals surface area contributed by atoms with Gasteiger partial charge >= 0.3 is 0 Å². The zero-order chi connectivity index (χ0) is 13.0. The molecule has 0 aliphatic heterocycles. The third-order valence-corrected chi connectivity index (χ3v) is 4.30. The van der Waals surface area contributed by atoms with Crippen molar-refractivity contribution >= 4 is 0 Å². The zero-order valence-corrected chi connectivity index (χ0v) is 11.7. The minimum absolute atomic E-state index is 0.442. The summed E-state index contributed by atoms with van der Waals surface area (Å²) in [5.41, 5.74) is 1.22. The molecule has 18 heavy (non-hydrogen) atoms. The van der Waals surface area contributed by atoms with Crippen molar-refractivity contribution in [2.75, 3.05) is 7.11 Å². The van der Waals surface area contributed by atoms with Gasteiger partial charge in [0.15, 0.2) is 0 Å². The zero-order valence-electron chi connectivity index (χ0n) is 11.7. The van der Waals surface area contributed by atoms with Gasteiger partial charge in [-0.2, -0.15) is 0 Å². The van der Waals surface area contributed by atoms with Crippen LogP contribution in [0, 0.1) is 11.8 Å². The standard InChI is InChI=1S/C16H24O2/c1-4-14-7-10-16(12(14)2)18-11-13-5-8-15(17-3)9-6-13/h5-6,8-9,12,14,16H,4,7,10-11H2,1-3H3/t12-,14+,16-/m1/s1. The van der Waals surface area contributed by atoms with Gasteiger partial charge in [-0.25, -0.2) is 0 Å². The Labute approximate surface area is 110 Å². The topological polar surface area (TPSA) is 18.5 Å². The Morgan fingerprint density at radius 3 is 2.44 bits per heavy atom. The van der Waals surface area contributed by atoms with Crippen LogP contribution in [0.2, 0.25) is 0 Å². The average Bonchev–Trinajstić information content (AvgIpc) is 2.77. The molecule has 100 valence electrons. The largest absolute Gasteiger partial charge is 0.497 e. The molecule has 0 aromatic heterocycles. The molecule has 0 amide bonds. The van der Waals surface area contributed by atoms with Crippen molar-refractivity contribution in [1.29, 1.82) is 0 Å². The van der Waals surface area contributed by atoms with E-state index in [4.69, 9.17) is 9.47 Å². The summed E-state index contributed by atoms with van der Waals surface area (Å²) in [7, 11) is 1.69. The van der Waals surface area contributed by atoms with Crippen LogP contribution in [0.3, 0.4) is 0 Å². The lowest BCUT2D eigenvalue weighted by atomic mass is 9.94. The van der Waals surface area contributed by atoms with Crippen molar-refractivity contribution in [3.05, 3.63) is 29.8 Å². The SMILES string of the molecule is CC[C@H]1CC[C@@H](OCc2ccc(OC)cc2)[C@@H]1C. The molecular formula is C16H24O2. The molecule has 0 saturated heterocycles.